The highest BCUT2D eigenvalue weighted by Gasteiger charge is 2.14. The fourth-order valence-corrected chi connectivity index (χ4v) is 1.78. The monoisotopic (exact) mass is 290 g/mol. The third-order valence-corrected chi connectivity index (χ3v) is 2.94. The average molecular weight is 290 g/mol. The number of pyridine rings is 1. The molecule has 2 rings (SSSR count). The van der Waals surface area contributed by atoms with E-state index in [2.05, 4.69) is 10.3 Å². The lowest BCUT2D eigenvalue weighted by Crippen LogP contribution is -2.15. The van der Waals surface area contributed by atoms with Crippen LogP contribution in [0, 0.1) is 12.7 Å². The Hall–Kier alpha value is -2.63. The molecule has 0 saturated heterocycles. The highest BCUT2D eigenvalue weighted by atomic mass is 19.1. The summed E-state index contributed by atoms with van der Waals surface area (Å²) in [5, 5.41) is 2.62. The molecule has 0 atom stereocenters. The number of nitrogens with zero attached hydrogens (tertiary/aromatic N) is 1. The van der Waals surface area contributed by atoms with Crippen LogP contribution in [0.1, 0.15) is 16.1 Å². The zero-order valence-electron chi connectivity index (χ0n) is 11.9. The molecule has 6 heteroatoms. The van der Waals surface area contributed by atoms with Gasteiger partial charge in [-0.3, -0.25) is 4.79 Å². The van der Waals surface area contributed by atoms with Gasteiger partial charge in [0, 0.05) is 12.1 Å². The molecule has 21 heavy (non-hydrogen) atoms. The molecule has 1 heterocycles. The minimum Gasteiger partial charge on any atom is -0.497 e. The third-order valence-electron chi connectivity index (χ3n) is 2.94. The maximum atomic E-state index is 13.8. The number of amides is 1. The second kappa shape index (κ2) is 6.21. The van der Waals surface area contributed by atoms with E-state index in [9.17, 15) is 9.18 Å². The highest BCUT2D eigenvalue weighted by molar-refractivity contribution is 6.04. The molecule has 5 nitrogen and oxygen atoms in total. The molecule has 0 aliphatic carbocycles. The van der Waals surface area contributed by atoms with Gasteiger partial charge in [0.05, 0.1) is 31.2 Å². The number of halogens is 1. The lowest BCUT2D eigenvalue weighted by molar-refractivity contribution is 0.102. The van der Waals surface area contributed by atoms with Crippen LogP contribution >= 0.6 is 0 Å². The van der Waals surface area contributed by atoms with E-state index in [0.29, 0.717) is 23.0 Å². The van der Waals surface area contributed by atoms with Crippen LogP contribution in [0.3, 0.4) is 0 Å². The summed E-state index contributed by atoms with van der Waals surface area (Å²) < 4.78 is 23.7. The van der Waals surface area contributed by atoms with Crippen LogP contribution in [0.2, 0.25) is 0 Å². The van der Waals surface area contributed by atoms with Crippen molar-refractivity contribution in [3.8, 4) is 11.6 Å². The van der Waals surface area contributed by atoms with Gasteiger partial charge < -0.3 is 14.8 Å². The Kier molecular flexibility index (Phi) is 4.37. The van der Waals surface area contributed by atoms with Crippen LogP contribution in [0.5, 0.6) is 11.6 Å². The van der Waals surface area contributed by atoms with E-state index in [1.54, 1.807) is 19.1 Å². The quantitative estimate of drug-likeness (QED) is 0.940. The predicted octanol–water partition coefficient (Wildman–Crippen LogP) is 2.80. The summed E-state index contributed by atoms with van der Waals surface area (Å²) >= 11 is 0. The summed E-state index contributed by atoms with van der Waals surface area (Å²) in [6, 6.07) is 7.33. The predicted molar refractivity (Wildman–Crippen MR) is 76.4 cm³/mol. The lowest BCUT2D eigenvalue weighted by Gasteiger charge is -2.10. The van der Waals surface area contributed by atoms with E-state index >= 15 is 0 Å². The molecule has 0 saturated carbocycles. The Morgan fingerprint density at radius 3 is 2.52 bits per heavy atom. The van der Waals surface area contributed by atoms with E-state index < -0.39 is 11.7 Å². The number of nitrogens with one attached hydrogen (secondary N) is 1. The number of carbonyl (C=O) groups is 1. The molecular formula is C15H15FN2O3. The summed E-state index contributed by atoms with van der Waals surface area (Å²) in [6.45, 7) is 1.72. The maximum Gasteiger partial charge on any atom is 0.258 e. The molecule has 0 radical (unpaired) electrons. The van der Waals surface area contributed by atoms with Gasteiger partial charge in [-0.05, 0) is 25.1 Å². The third kappa shape index (κ3) is 3.28. The van der Waals surface area contributed by atoms with Crippen LogP contribution in [0.25, 0.3) is 0 Å². The zero-order chi connectivity index (χ0) is 15.4. The number of benzene rings is 1. The van der Waals surface area contributed by atoms with Gasteiger partial charge in [0.15, 0.2) is 0 Å². The van der Waals surface area contributed by atoms with Crippen molar-refractivity contribution in [3.63, 3.8) is 0 Å². The van der Waals surface area contributed by atoms with Crippen LogP contribution in [-0.4, -0.2) is 25.1 Å². The van der Waals surface area contributed by atoms with Crippen molar-refractivity contribution in [2.75, 3.05) is 19.5 Å². The standard InChI is InChI=1S/C15H15FN2O3/c1-9-13(6-7-14(17-9)21-3)18-15(19)11-5-4-10(20-2)8-12(11)16/h4-8H,1-3H3,(H,18,19). The number of aromatic nitrogens is 1. The van der Waals surface area contributed by atoms with Gasteiger partial charge in [-0.1, -0.05) is 0 Å². The fourth-order valence-electron chi connectivity index (χ4n) is 1.78. The summed E-state index contributed by atoms with van der Waals surface area (Å²) in [4.78, 5) is 16.2. The summed E-state index contributed by atoms with van der Waals surface area (Å²) in [6.07, 6.45) is 0. The largest absolute Gasteiger partial charge is 0.497 e. The molecule has 0 bridgehead atoms. The molecule has 0 unspecified atom stereocenters. The minimum absolute atomic E-state index is 0.0639. The summed E-state index contributed by atoms with van der Waals surface area (Å²) in [5.74, 6) is -0.399. The molecule has 110 valence electrons. The van der Waals surface area contributed by atoms with Crippen molar-refractivity contribution >= 4 is 11.6 Å². The van der Waals surface area contributed by atoms with Crippen molar-refractivity contribution in [1.82, 2.24) is 4.98 Å². The fraction of sp³-hybridized carbons (Fsp3) is 0.200. The summed E-state index contributed by atoms with van der Waals surface area (Å²) in [5.41, 5.74) is 1.01. The second-order valence-corrected chi connectivity index (χ2v) is 4.29. The number of aryl methyl sites for hydroxylation is 1. The van der Waals surface area contributed by atoms with E-state index in [1.807, 2.05) is 0 Å². The second-order valence-electron chi connectivity index (χ2n) is 4.29. The van der Waals surface area contributed by atoms with E-state index in [1.165, 1.54) is 26.4 Å². The maximum absolute atomic E-state index is 13.8. The van der Waals surface area contributed by atoms with Crippen LogP contribution < -0.4 is 14.8 Å². The molecule has 0 aliphatic heterocycles. The van der Waals surface area contributed by atoms with Gasteiger partial charge >= 0.3 is 0 Å². The highest BCUT2D eigenvalue weighted by Crippen LogP contribution is 2.20. The number of carbonyl (C=O) groups excluding carboxylic acids is 1. The normalized spacial score (nSPS) is 10.1. The van der Waals surface area contributed by atoms with E-state index in [4.69, 9.17) is 9.47 Å². The van der Waals surface area contributed by atoms with Crippen molar-refractivity contribution in [3.05, 3.63) is 47.4 Å². The molecule has 1 N–H and O–H groups in total. The van der Waals surface area contributed by atoms with Crippen molar-refractivity contribution in [2.24, 2.45) is 0 Å². The lowest BCUT2D eigenvalue weighted by atomic mass is 10.2. The molecular weight excluding hydrogens is 275 g/mol. The molecule has 0 aliphatic rings. The molecule has 1 aromatic heterocycles. The van der Waals surface area contributed by atoms with Crippen LogP contribution in [0.15, 0.2) is 30.3 Å². The molecule has 0 fully saturated rings. The van der Waals surface area contributed by atoms with E-state index in [-0.39, 0.29) is 5.56 Å². The number of rotatable bonds is 4. The average Bonchev–Trinajstić information content (AvgIpc) is 2.48. The van der Waals surface area contributed by atoms with Gasteiger partial charge in [-0.15, -0.1) is 0 Å². The Labute approximate surface area is 121 Å². The first-order chi connectivity index (χ1) is 10.0. The number of hydrogen-bond acceptors (Lipinski definition) is 4. The number of methoxy groups -OCH3 is 2. The van der Waals surface area contributed by atoms with Gasteiger partial charge in [0.1, 0.15) is 11.6 Å². The van der Waals surface area contributed by atoms with E-state index in [0.717, 1.165) is 6.07 Å². The molecule has 1 aromatic carbocycles. The van der Waals surface area contributed by atoms with Crippen molar-refractivity contribution < 1.29 is 18.7 Å². The first kappa shape index (κ1) is 14.8. The zero-order valence-corrected chi connectivity index (χ0v) is 11.9. The first-order valence-corrected chi connectivity index (χ1v) is 6.21. The molecule has 0 spiro atoms. The van der Waals surface area contributed by atoms with Gasteiger partial charge in [0.25, 0.3) is 5.91 Å². The minimum atomic E-state index is -0.647. The van der Waals surface area contributed by atoms with Crippen molar-refractivity contribution in [2.45, 2.75) is 6.92 Å². The number of ether oxygens (including phenoxy) is 2. The SMILES string of the molecule is COc1ccc(C(=O)Nc2ccc(OC)nc2C)c(F)c1. The Balaban J connectivity index is 2.22. The number of hydrogen-bond donors (Lipinski definition) is 1. The molecule has 1 amide bonds. The topological polar surface area (TPSA) is 60.5 Å². The number of anilines is 1. The first-order valence-electron chi connectivity index (χ1n) is 6.21. The smallest absolute Gasteiger partial charge is 0.258 e. The summed E-state index contributed by atoms with van der Waals surface area (Å²) in [7, 11) is 2.94. The van der Waals surface area contributed by atoms with Gasteiger partial charge in [-0.2, -0.15) is 0 Å². The Bertz CT molecular complexity index is 674. The van der Waals surface area contributed by atoms with Gasteiger partial charge in [0.2, 0.25) is 5.88 Å². The Morgan fingerprint density at radius 2 is 1.95 bits per heavy atom. The van der Waals surface area contributed by atoms with Crippen molar-refractivity contribution in [1.29, 1.82) is 0 Å². The van der Waals surface area contributed by atoms with Crippen LogP contribution in [0.4, 0.5) is 10.1 Å². The molecule has 2 aromatic rings. The van der Waals surface area contributed by atoms with Gasteiger partial charge in [-0.25, -0.2) is 9.37 Å². The van der Waals surface area contributed by atoms with Crippen LogP contribution in [-0.2, 0) is 0 Å². The Morgan fingerprint density at radius 1 is 1.19 bits per heavy atom.